The van der Waals surface area contributed by atoms with Crippen LogP contribution in [0.5, 0.6) is 0 Å². The second-order valence-electron chi connectivity index (χ2n) is 3.37. The van der Waals surface area contributed by atoms with Gasteiger partial charge in [0.25, 0.3) is 0 Å². The van der Waals surface area contributed by atoms with Gasteiger partial charge in [0, 0.05) is 13.1 Å². The van der Waals surface area contributed by atoms with Crippen LogP contribution in [0.4, 0.5) is 5.82 Å². The zero-order valence-electron chi connectivity index (χ0n) is 8.97. The molecule has 6 nitrogen and oxygen atoms in total. The minimum atomic E-state index is -0.506. The second kappa shape index (κ2) is 5.76. The Morgan fingerprint density at radius 3 is 3.00 bits per heavy atom. The highest BCUT2D eigenvalue weighted by Crippen LogP contribution is 2.21. The number of halogens is 1. The van der Waals surface area contributed by atoms with Crippen molar-refractivity contribution in [3.05, 3.63) is 33.4 Å². The molecule has 1 aromatic heterocycles. The van der Waals surface area contributed by atoms with Crippen LogP contribution in [0.15, 0.2) is 23.3 Å². The Balaban J connectivity index is 2.58. The van der Waals surface area contributed by atoms with Gasteiger partial charge in [-0.2, -0.15) is 4.68 Å². The lowest BCUT2D eigenvalue weighted by Crippen LogP contribution is -2.23. The van der Waals surface area contributed by atoms with Crippen molar-refractivity contribution in [2.45, 2.75) is 6.54 Å². The maximum atomic E-state index is 10.6. The Morgan fingerprint density at radius 2 is 2.50 bits per heavy atom. The Labute approximate surface area is 102 Å². The molecule has 1 heterocycles. The van der Waals surface area contributed by atoms with Crippen molar-refractivity contribution in [3.63, 3.8) is 0 Å². The van der Waals surface area contributed by atoms with Crippen molar-refractivity contribution in [2.75, 3.05) is 20.1 Å². The van der Waals surface area contributed by atoms with E-state index < -0.39 is 4.92 Å². The maximum Gasteiger partial charge on any atom is 0.404 e. The molecular weight excluding hydrogens is 276 g/mol. The summed E-state index contributed by atoms with van der Waals surface area (Å²) >= 11 is 3.10. The first kappa shape index (κ1) is 12.9. The van der Waals surface area contributed by atoms with Crippen molar-refractivity contribution in [3.8, 4) is 0 Å². The van der Waals surface area contributed by atoms with Gasteiger partial charge in [-0.1, -0.05) is 6.08 Å². The summed E-state index contributed by atoms with van der Waals surface area (Å²) in [5, 5.41) is 14.4. The number of hydrogen-bond donors (Lipinski definition) is 0. The molecule has 0 saturated carbocycles. The lowest BCUT2D eigenvalue weighted by Gasteiger charge is -2.12. The van der Waals surface area contributed by atoms with E-state index in [2.05, 4.69) is 32.5 Å². The van der Waals surface area contributed by atoms with Crippen LogP contribution in [-0.2, 0) is 6.54 Å². The normalized spacial score (nSPS) is 10.7. The zero-order chi connectivity index (χ0) is 12.1. The third kappa shape index (κ3) is 3.42. The van der Waals surface area contributed by atoms with Gasteiger partial charge in [-0.3, -0.25) is 0 Å². The van der Waals surface area contributed by atoms with E-state index in [0.717, 1.165) is 13.1 Å². The molecule has 0 bridgehead atoms. The third-order valence-electron chi connectivity index (χ3n) is 2.02. The minimum absolute atomic E-state index is 0.147. The Hall–Kier alpha value is -1.21. The van der Waals surface area contributed by atoms with E-state index in [4.69, 9.17) is 0 Å². The van der Waals surface area contributed by atoms with Gasteiger partial charge in [-0.15, -0.1) is 6.58 Å². The number of aromatic nitrogens is 2. The highest BCUT2D eigenvalue weighted by molar-refractivity contribution is 9.10. The summed E-state index contributed by atoms with van der Waals surface area (Å²) in [6.45, 7) is 5.79. The predicted molar refractivity (Wildman–Crippen MR) is 64.3 cm³/mol. The average Bonchev–Trinajstić information content (AvgIpc) is 2.57. The highest BCUT2D eigenvalue weighted by atomic mass is 79.9. The first-order valence-corrected chi connectivity index (χ1v) is 5.50. The Kier molecular flexibility index (Phi) is 4.63. The maximum absolute atomic E-state index is 10.6. The molecule has 0 aliphatic rings. The summed E-state index contributed by atoms with van der Waals surface area (Å²) < 4.78 is 1.96. The van der Waals surface area contributed by atoms with E-state index in [0.29, 0.717) is 11.0 Å². The molecule has 0 amide bonds. The van der Waals surface area contributed by atoms with Gasteiger partial charge >= 0.3 is 5.82 Å². The summed E-state index contributed by atoms with van der Waals surface area (Å²) in [6.07, 6.45) is 3.42. The molecule has 16 heavy (non-hydrogen) atoms. The molecule has 1 aromatic rings. The fraction of sp³-hybridized carbons (Fsp3) is 0.444. The molecule has 1 rings (SSSR count). The largest absolute Gasteiger partial charge is 0.404 e. The fourth-order valence-electron chi connectivity index (χ4n) is 1.21. The molecule has 0 N–H and O–H groups in total. The molecule has 7 heteroatoms. The Morgan fingerprint density at radius 1 is 1.81 bits per heavy atom. The van der Waals surface area contributed by atoms with Gasteiger partial charge in [-0.05, 0) is 27.9 Å². The lowest BCUT2D eigenvalue weighted by molar-refractivity contribution is -0.390. The number of nitro groups is 1. The molecule has 0 aliphatic carbocycles. The van der Waals surface area contributed by atoms with E-state index in [1.807, 2.05) is 7.05 Å². The van der Waals surface area contributed by atoms with Crippen LogP contribution in [0.25, 0.3) is 0 Å². The average molecular weight is 289 g/mol. The van der Waals surface area contributed by atoms with Crippen LogP contribution < -0.4 is 0 Å². The summed E-state index contributed by atoms with van der Waals surface area (Å²) in [6, 6.07) is 0. The van der Waals surface area contributed by atoms with Crippen LogP contribution in [0.2, 0.25) is 0 Å². The van der Waals surface area contributed by atoms with Crippen molar-refractivity contribution in [2.24, 2.45) is 0 Å². The van der Waals surface area contributed by atoms with E-state index in [1.165, 1.54) is 0 Å². The second-order valence-corrected chi connectivity index (χ2v) is 4.23. The van der Waals surface area contributed by atoms with Gasteiger partial charge in [0.1, 0.15) is 4.47 Å². The van der Waals surface area contributed by atoms with Crippen molar-refractivity contribution >= 4 is 21.7 Å². The quantitative estimate of drug-likeness (QED) is 0.454. The SMILES string of the molecule is C=CCN(C)CCn1cc(Br)c([N+](=O)[O-])n1. The molecule has 0 radical (unpaired) electrons. The molecule has 0 aromatic carbocycles. The number of rotatable bonds is 6. The third-order valence-corrected chi connectivity index (χ3v) is 2.58. The molecule has 0 aliphatic heterocycles. The standard InChI is InChI=1S/C9H13BrN4O2/c1-3-4-12(2)5-6-13-7-8(10)9(11-13)14(15)16/h3,7H,1,4-6H2,2H3. The molecular formula is C9H13BrN4O2. The summed E-state index contributed by atoms with van der Waals surface area (Å²) in [7, 11) is 1.95. The van der Waals surface area contributed by atoms with Gasteiger partial charge in [-0.25, -0.2) is 0 Å². The van der Waals surface area contributed by atoms with E-state index >= 15 is 0 Å². The van der Waals surface area contributed by atoms with Gasteiger partial charge in [0.15, 0.2) is 0 Å². The van der Waals surface area contributed by atoms with Crippen LogP contribution >= 0.6 is 15.9 Å². The lowest BCUT2D eigenvalue weighted by atomic mass is 10.5. The monoisotopic (exact) mass is 288 g/mol. The molecule has 0 fully saturated rings. The van der Waals surface area contributed by atoms with E-state index in [-0.39, 0.29) is 5.82 Å². The fourth-order valence-corrected chi connectivity index (χ4v) is 1.67. The number of nitrogens with zero attached hydrogens (tertiary/aromatic N) is 4. The first-order chi connectivity index (χ1) is 7.54. The molecule has 0 unspecified atom stereocenters. The number of likely N-dealkylation sites (N-methyl/N-ethyl adjacent to an activating group) is 1. The molecule has 0 atom stereocenters. The smallest absolute Gasteiger partial charge is 0.358 e. The van der Waals surface area contributed by atoms with Gasteiger partial charge in [0.05, 0.1) is 17.8 Å². The highest BCUT2D eigenvalue weighted by Gasteiger charge is 2.18. The predicted octanol–water partition coefficient (Wildman–Crippen LogP) is 1.67. The van der Waals surface area contributed by atoms with Crippen LogP contribution in [0.3, 0.4) is 0 Å². The van der Waals surface area contributed by atoms with Crippen molar-refractivity contribution in [1.29, 1.82) is 0 Å². The summed E-state index contributed by atoms with van der Waals surface area (Å²) in [5.74, 6) is -0.147. The molecule has 0 spiro atoms. The minimum Gasteiger partial charge on any atom is -0.358 e. The van der Waals surface area contributed by atoms with E-state index in [1.54, 1.807) is 17.0 Å². The first-order valence-electron chi connectivity index (χ1n) is 4.71. The van der Waals surface area contributed by atoms with Crippen molar-refractivity contribution in [1.82, 2.24) is 14.7 Å². The van der Waals surface area contributed by atoms with E-state index in [9.17, 15) is 10.1 Å². The molecule has 0 saturated heterocycles. The summed E-state index contributed by atoms with van der Waals surface area (Å²) in [5.41, 5.74) is 0. The Bertz CT molecular complexity index is 391. The molecule has 88 valence electrons. The van der Waals surface area contributed by atoms with Crippen LogP contribution in [0, 0.1) is 10.1 Å². The summed E-state index contributed by atoms with van der Waals surface area (Å²) in [4.78, 5) is 12.1. The zero-order valence-corrected chi connectivity index (χ0v) is 10.6. The van der Waals surface area contributed by atoms with Crippen LogP contribution in [-0.4, -0.2) is 39.7 Å². The van der Waals surface area contributed by atoms with Crippen molar-refractivity contribution < 1.29 is 4.92 Å². The number of hydrogen-bond acceptors (Lipinski definition) is 4. The topological polar surface area (TPSA) is 64.2 Å². The van der Waals surface area contributed by atoms with Gasteiger partial charge < -0.3 is 15.0 Å². The van der Waals surface area contributed by atoms with Gasteiger partial charge in [0.2, 0.25) is 0 Å². The van der Waals surface area contributed by atoms with Crippen LogP contribution in [0.1, 0.15) is 0 Å².